The number of nitrogens with one attached hydrogen (secondary N) is 2. The van der Waals surface area contributed by atoms with E-state index in [9.17, 15) is 18.3 Å². The number of anilines is 2. The first-order chi connectivity index (χ1) is 16.6. The molecule has 4 rings (SSSR count). The molecule has 0 saturated heterocycles. The van der Waals surface area contributed by atoms with Crippen LogP contribution in [0.2, 0.25) is 5.02 Å². The third kappa shape index (κ3) is 5.80. The van der Waals surface area contributed by atoms with Crippen molar-refractivity contribution in [2.75, 3.05) is 17.2 Å². The molecule has 0 spiro atoms. The van der Waals surface area contributed by atoms with Gasteiger partial charge in [-0.1, -0.05) is 35.9 Å². The van der Waals surface area contributed by atoms with Gasteiger partial charge in [-0.15, -0.1) is 0 Å². The van der Waals surface area contributed by atoms with Crippen molar-refractivity contribution in [1.29, 1.82) is 0 Å². The Bertz CT molecular complexity index is 1330. The van der Waals surface area contributed by atoms with Crippen LogP contribution in [0.1, 0.15) is 25.5 Å². The van der Waals surface area contributed by atoms with Gasteiger partial charge >= 0.3 is 0 Å². The van der Waals surface area contributed by atoms with Crippen molar-refractivity contribution in [3.8, 4) is 11.1 Å². The quantitative estimate of drug-likeness (QED) is 0.271. The van der Waals surface area contributed by atoms with Gasteiger partial charge in [0.2, 0.25) is 5.95 Å². The van der Waals surface area contributed by atoms with Gasteiger partial charge in [-0.05, 0) is 37.6 Å². The second kappa shape index (κ2) is 10.1. The smallest absolute Gasteiger partial charge is 0.262 e. The van der Waals surface area contributed by atoms with E-state index in [4.69, 9.17) is 11.6 Å². The number of benzene rings is 2. The predicted octanol–water partition coefficient (Wildman–Crippen LogP) is 6.09. The monoisotopic (exact) mass is 501 g/mol. The molecule has 0 radical (unpaired) electrons. The number of alkyl halides is 2. The average Bonchev–Trinajstić information content (AvgIpc) is 2.82. The lowest BCUT2D eigenvalue weighted by atomic mass is 10.0. The van der Waals surface area contributed by atoms with Crippen molar-refractivity contribution >= 4 is 34.1 Å². The van der Waals surface area contributed by atoms with Crippen LogP contribution >= 0.6 is 11.6 Å². The van der Waals surface area contributed by atoms with Crippen LogP contribution in [0.3, 0.4) is 0 Å². The molecule has 0 fully saturated rings. The first kappa shape index (κ1) is 24.7. The van der Waals surface area contributed by atoms with Crippen LogP contribution in [0.25, 0.3) is 22.0 Å². The Kier molecular flexibility index (Phi) is 7.09. The Morgan fingerprint density at radius 2 is 1.71 bits per heavy atom. The molecular weight excluding hydrogens is 479 g/mol. The number of hydrogen-bond acceptors (Lipinski definition) is 6. The Balaban J connectivity index is 1.69. The van der Waals surface area contributed by atoms with Gasteiger partial charge in [0.15, 0.2) is 0 Å². The zero-order valence-corrected chi connectivity index (χ0v) is 19.7. The number of halogens is 4. The third-order valence-electron chi connectivity index (χ3n) is 5.28. The maximum absolute atomic E-state index is 14.3. The molecule has 4 aromatic rings. The van der Waals surface area contributed by atoms with Crippen LogP contribution < -0.4 is 10.6 Å². The summed E-state index contributed by atoms with van der Waals surface area (Å²) < 4.78 is 42.3. The highest BCUT2D eigenvalue weighted by Crippen LogP contribution is 2.37. The van der Waals surface area contributed by atoms with E-state index < -0.39 is 23.9 Å². The lowest BCUT2D eigenvalue weighted by Crippen LogP contribution is -2.29. The van der Waals surface area contributed by atoms with E-state index in [1.54, 1.807) is 44.4 Å². The Labute approximate surface area is 205 Å². The normalized spacial score (nSPS) is 12.7. The molecule has 0 aliphatic carbocycles. The summed E-state index contributed by atoms with van der Waals surface area (Å²) in [5.74, 6) is -0.385. The summed E-state index contributed by atoms with van der Waals surface area (Å²) in [5, 5.41) is 16.1. The molecule has 3 N–H and O–H groups in total. The topological polar surface area (TPSA) is 83.0 Å². The van der Waals surface area contributed by atoms with E-state index in [0.717, 1.165) is 6.07 Å². The van der Waals surface area contributed by atoms with Gasteiger partial charge in [0.1, 0.15) is 11.9 Å². The predicted molar refractivity (Wildman–Crippen MR) is 131 cm³/mol. The fourth-order valence-electron chi connectivity index (χ4n) is 3.52. The number of hydrogen-bond donors (Lipinski definition) is 3. The van der Waals surface area contributed by atoms with Gasteiger partial charge in [-0.2, -0.15) is 0 Å². The largest absolute Gasteiger partial charge is 0.389 e. The summed E-state index contributed by atoms with van der Waals surface area (Å²) in [6.07, 6.45) is 1.68. The highest BCUT2D eigenvalue weighted by Gasteiger charge is 2.26. The van der Waals surface area contributed by atoms with E-state index in [1.807, 2.05) is 0 Å². The maximum atomic E-state index is 14.3. The van der Waals surface area contributed by atoms with Crippen molar-refractivity contribution in [1.82, 2.24) is 15.0 Å². The summed E-state index contributed by atoms with van der Waals surface area (Å²) >= 11 is 6.35. The van der Waals surface area contributed by atoms with Gasteiger partial charge < -0.3 is 15.7 Å². The molecule has 2 heterocycles. The average molecular weight is 502 g/mol. The number of fused-ring (bicyclic) bond motifs is 1. The SMILES string of the molecule is CC(C)(O)CNc1ncc(-c2ccc3ncc(Cl)c(NC(c4ccccc4F)C(F)F)c3c2)cn1. The van der Waals surface area contributed by atoms with Gasteiger partial charge in [-0.3, -0.25) is 4.98 Å². The molecular formula is C25H23ClF3N5O. The molecule has 0 aliphatic rings. The van der Waals surface area contributed by atoms with Crippen molar-refractivity contribution < 1.29 is 18.3 Å². The minimum Gasteiger partial charge on any atom is -0.389 e. The maximum Gasteiger partial charge on any atom is 0.262 e. The minimum atomic E-state index is -2.90. The molecule has 2 aromatic heterocycles. The summed E-state index contributed by atoms with van der Waals surface area (Å²) in [6, 6.07) is 9.04. The van der Waals surface area contributed by atoms with E-state index in [2.05, 4.69) is 25.6 Å². The van der Waals surface area contributed by atoms with Crippen LogP contribution in [0.15, 0.2) is 61.1 Å². The van der Waals surface area contributed by atoms with Gasteiger partial charge in [-0.25, -0.2) is 23.1 Å². The number of aliphatic hydroxyl groups is 1. The Morgan fingerprint density at radius 1 is 1.00 bits per heavy atom. The van der Waals surface area contributed by atoms with E-state index >= 15 is 0 Å². The molecule has 0 aliphatic heterocycles. The molecule has 6 nitrogen and oxygen atoms in total. The number of aromatic nitrogens is 3. The van der Waals surface area contributed by atoms with E-state index in [0.29, 0.717) is 28.0 Å². The molecule has 182 valence electrons. The van der Waals surface area contributed by atoms with Crippen LogP contribution in [0.4, 0.5) is 24.8 Å². The minimum absolute atomic E-state index is 0.124. The van der Waals surface area contributed by atoms with E-state index in [1.165, 1.54) is 24.4 Å². The molecule has 2 aromatic carbocycles. The molecule has 35 heavy (non-hydrogen) atoms. The summed E-state index contributed by atoms with van der Waals surface area (Å²) in [6.45, 7) is 3.60. The molecule has 10 heteroatoms. The summed E-state index contributed by atoms with van der Waals surface area (Å²) in [7, 11) is 0. The fourth-order valence-corrected chi connectivity index (χ4v) is 3.72. The second-order valence-electron chi connectivity index (χ2n) is 8.65. The third-order valence-corrected chi connectivity index (χ3v) is 5.56. The Hall–Kier alpha value is -3.43. The molecule has 0 bridgehead atoms. The van der Waals surface area contributed by atoms with Crippen molar-refractivity contribution in [3.05, 3.63) is 77.5 Å². The zero-order valence-electron chi connectivity index (χ0n) is 18.9. The first-order valence-electron chi connectivity index (χ1n) is 10.8. The number of rotatable bonds is 8. The summed E-state index contributed by atoms with van der Waals surface area (Å²) in [4.78, 5) is 12.8. The van der Waals surface area contributed by atoms with Crippen molar-refractivity contribution in [3.63, 3.8) is 0 Å². The lowest BCUT2D eigenvalue weighted by Gasteiger charge is -2.22. The highest BCUT2D eigenvalue weighted by molar-refractivity contribution is 6.34. The second-order valence-corrected chi connectivity index (χ2v) is 9.06. The van der Waals surface area contributed by atoms with Crippen LogP contribution in [-0.2, 0) is 0 Å². The fraction of sp³-hybridized carbons (Fsp3) is 0.240. The van der Waals surface area contributed by atoms with Gasteiger partial charge in [0, 0.05) is 41.6 Å². The molecule has 0 amide bonds. The zero-order chi connectivity index (χ0) is 25.2. The van der Waals surface area contributed by atoms with Crippen LogP contribution in [0, 0.1) is 5.82 Å². The van der Waals surface area contributed by atoms with Gasteiger partial charge in [0.05, 0.1) is 21.8 Å². The number of pyridine rings is 1. The lowest BCUT2D eigenvalue weighted by molar-refractivity contribution is 0.0943. The number of nitrogens with zero attached hydrogens (tertiary/aromatic N) is 3. The molecule has 1 unspecified atom stereocenters. The van der Waals surface area contributed by atoms with Crippen molar-refractivity contribution in [2.24, 2.45) is 0 Å². The van der Waals surface area contributed by atoms with E-state index in [-0.39, 0.29) is 22.8 Å². The highest BCUT2D eigenvalue weighted by atomic mass is 35.5. The standard InChI is InChI=1S/C25H23ClF3N5O/c1-25(2,35)13-33-24-31-10-15(11-32-24)14-7-8-20-17(9-14)21(18(26)12-30-20)34-22(23(28)29)16-5-3-4-6-19(16)27/h3-12,22-23,35H,13H2,1-2H3,(H,30,34)(H,31,32,33). The van der Waals surface area contributed by atoms with Crippen molar-refractivity contribution in [2.45, 2.75) is 31.9 Å². The van der Waals surface area contributed by atoms with Crippen LogP contribution in [-0.4, -0.2) is 38.6 Å². The molecule has 1 atom stereocenters. The summed E-state index contributed by atoms with van der Waals surface area (Å²) in [5.41, 5.74) is 1.03. The first-order valence-corrected chi connectivity index (χ1v) is 11.2. The Morgan fingerprint density at radius 3 is 2.37 bits per heavy atom. The van der Waals surface area contributed by atoms with Gasteiger partial charge in [0.25, 0.3) is 6.43 Å². The van der Waals surface area contributed by atoms with Crippen LogP contribution in [0.5, 0.6) is 0 Å². The molecule has 0 saturated carbocycles.